The van der Waals surface area contributed by atoms with Gasteiger partial charge in [0, 0.05) is 31.1 Å². The van der Waals surface area contributed by atoms with Crippen molar-refractivity contribution in [2.75, 3.05) is 19.7 Å². The smallest absolute Gasteiger partial charge is 0.254 e. The van der Waals surface area contributed by atoms with Crippen LogP contribution in [0.15, 0.2) is 41.8 Å². The van der Waals surface area contributed by atoms with E-state index in [4.69, 9.17) is 37.0 Å². The van der Waals surface area contributed by atoms with Crippen LogP contribution in [0.2, 0.25) is 5.02 Å². The molecule has 0 aliphatic carbocycles. The number of imidazole rings is 1. The van der Waals surface area contributed by atoms with E-state index in [9.17, 15) is 8.78 Å². The summed E-state index contributed by atoms with van der Waals surface area (Å²) in [6, 6.07) is 6.07. The molecule has 2 aliphatic rings. The van der Waals surface area contributed by atoms with Gasteiger partial charge < -0.3 is 25.0 Å². The number of aromatic nitrogens is 5. The maximum absolute atomic E-state index is 14.5. The monoisotopic (exact) mass is 598 g/mol. The van der Waals surface area contributed by atoms with Crippen LogP contribution < -0.4 is 10.5 Å². The van der Waals surface area contributed by atoms with Crippen molar-refractivity contribution in [2.24, 2.45) is 10.9 Å². The summed E-state index contributed by atoms with van der Waals surface area (Å²) in [7, 11) is 0. The van der Waals surface area contributed by atoms with Gasteiger partial charge in [0.05, 0.1) is 42.6 Å². The van der Waals surface area contributed by atoms with E-state index in [1.165, 1.54) is 6.07 Å². The maximum atomic E-state index is 14.5. The van der Waals surface area contributed by atoms with E-state index < -0.39 is 11.6 Å². The SMILES string of the molecule is NC(=NO)c1cc2nc(CN3CCC(Oc4nc(Cc5ccc(Cl)cc5F)ncc4F)CC3)n(C[C@@H]3CCO3)c2cn1. The number of nitrogens with zero attached hydrogens (tertiary/aromatic N) is 7. The first-order valence-corrected chi connectivity index (χ1v) is 14.0. The Morgan fingerprint density at radius 1 is 1.12 bits per heavy atom. The summed E-state index contributed by atoms with van der Waals surface area (Å²) in [5.41, 5.74) is 7.99. The Morgan fingerprint density at radius 2 is 1.93 bits per heavy atom. The highest BCUT2D eigenvalue weighted by molar-refractivity contribution is 6.30. The molecule has 0 bridgehead atoms. The molecule has 5 heterocycles. The Balaban J connectivity index is 1.11. The number of rotatable bonds is 9. The van der Waals surface area contributed by atoms with Crippen LogP contribution in [-0.2, 0) is 24.2 Å². The molecule has 3 N–H and O–H groups in total. The number of hydrogen-bond acceptors (Lipinski definition) is 9. The summed E-state index contributed by atoms with van der Waals surface area (Å²) in [4.78, 5) is 19.7. The highest BCUT2D eigenvalue weighted by Crippen LogP contribution is 2.25. The first-order chi connectivity index (χ1) is 20.4. The van der Waals surface area contributed by atoms with E-state index in [2.05, 4.69) is 29.6 Å². The highest BCUT2D eigenvalue weighted by Gasteiger charge is 2.26. The largest absolute Gasteiger partial charge is 0.472 e. The van der Waals surface area contributed by atoms with E-state index in [0.717, 1.165) is 30.6 Å². The van der Waals surface area contributed by atoms with Gasteiger partial charge in [0.1, 0.15) is 29.3 Å². The molecular formula is C28H29ClF2N8O3. The Morgan fingerprint density at radius 3 is 2.64 bits per heavy atom. The van der Waals surface area contributed by atoms with Crippen molar-refractivity contribution < 1.29 is 23.5 Å². The molecule has 2 aliphatic heterocycles. The number of halogens is 3. The van der Waals surface area contributed by atoms with E-state index in [-0.39, 0.29) is 36.2 Å². The van der Waals surface area contributed by atoms with Crippen molar-refractivity contribution in [1.82, 2.24) is 29.4 Å². The molecule has 0 spiro atoms. The fourth-order valence-electron chi connectivity index (χ4n) is 5.15. The maximum Gasteiger partial charge on any atom is 0.254 e. The van der Waals surface area contributed by atoms with Crippen molar-refractivity contribution in [2.45, 2.75) is 51.0 Å². The fraction of sp³-hybridized carbons (Fsp3) is 0.393. The van der Waals surface area contributed by atoms with E-state index in [0.29, 0.717) is 60.8 Å². The third kappa shape index (κ3) is 6.13. The second-order valence-electron chi connectivity index (χ2n) is 10.4. The van der Waals surface area contributed by atoms with Crippen LogP contribution in [0.3, 0.4) is 0 Å². The Labute approximate surface area is 244 Å². The van der Waals surface area contributed by atoms with Gasteiger partial charge in [-0.2, -0.15) is 9.37 Å². The summed E-state index contributed by atoms with van der Waals surface area (Å²) >= 11 is 5.83. The number of ether oxygens (including phenoxy) is 2. The van der Waals surface area contributed by atoms with Crippen molar-refractivity contribution in [1.29, 1.82) is 0 Å². The lowest BCUT2D eigenvalue weighted by Gasteiger charge is -2.32. The van der Waals surface area contributed by atoms with Gasteiger partial charge in [-0.05, 0) is 43.0 Å². The van der Waals surface area contributed by atoms with Gasteiger partial charge in [-0.3, -0.25) is 9.88 Å². The van der Waals surface area contributed by atoms with Crippen molar-refractivity contribution in [3.05, 3.63) is 76.2 Å². The third-order valence-electron chi connectivity index (χ3n) is 7.57. The number of benzene rings is 1. The second-order valence-corrected chi connectivity index (χ2v) is 10.8. The molecule has 3 aromatic heterocycles. The van der Waals surface area contributed by atoms with E-state index in [1.54, 1.807) is 24.4 Å². The first-order valence-electron chi connectivity index (χ1n) is 13.6. The normalized spacial score (nSPS) is 18.4. The number of hydrogen-bond donors (Lipinski definition) is 2. The number of nitrogens with two attached hydrogens (primary N) is 1. The minimum Gasteiger partial charge on any atom is -0.472 e. The first kappa shape index (κ1) is 28.2. The molecule has 0 radical (unpaired) electrons. The van der Waals surface area contributed by atoms with E-state index >= 15 is 0 Å². The molecule has 2 saturated heterocycles. The molecule has 0 amide bonds. The van der Waals surface area contributed by atoms with Crippen LogP contribution in [0.5, 0.6) is 5.88 Å². The van der Waals surface area contributed by atoms with Gasteiger partial charge >= 0.3 is 0 Å². The molecule has 1 atom stereocenters. The van der Waals surface area contributed by atoms with Gasteiger partial charge in [-0.15, -0.1) is 0 Å². The summed E-state index contributed by atoms with van der Waals surface area (Å²) in [5.74, 6) is -0.238. The molecule has 4 aromatic rings. The predicted octanol–water partition coefficient (Wildman–Crippen LogP) is 3.67. The molecule has 14 heteroatoms. The lowest BCUT2D eigenvalue weighted by Crippen LogP contribution is -2.39. The molecule has 0 unspecified atom stereocenters. The fourth-order valence-corrected chi connectivity index (χ4v) is 5.31. The number of piperidine rings is 1. The zero-order valence-electron chi connectivity index (χ0n) is 22.6. The minimum atomic E-state index is -0.662. The Kier molecular flexibility index (Phi) is 8.13. The minimum absolute atomic E-state index is 0.0817. The summed E-state index contributed by atoms with van der Waals surface area (Å²) in [6.45, 7) is 3.41. The number of likely N-dealkylation sites (tertiary alicyclic amines) is 1. The quantitative estimate of drug-likeness (QED) is 0.128. The summed E-state index contributed by atoms with van der Waals surface area (Å²) in [5, 5.41) is 12.4. The van der Waals surface area contributed by atoms with Gasteiger partial charge in [0.15, 0.2) is 5.84 Å². The van der Waals surface area contributed by atoms with Crippen LogP contribution in [-0.4, -0.2) is 72.4 Å². The van der Waals surface area contributed by atoms with Gasteiger partial charge in [-0.25, -0.2) is 14.4 Å². The standard InChI is InChI=1S/C28H29ClF2N8O3/c29-17-2-1-16(20(30)10-17)9-25-34-12-21(31)28(36-25)42-18-3-6-38(7-4-18)15-26-35-22-11-23(27(32)37-40)33-13-24(22)39(26)14-19-5-8-41-19/h1-2,10-13,18-19,40H,3-9,14-15H2,(H2,32,37)/t19-/m0/s1. The summed E-state index contributed by atoms with van der Waals surface area (Å²) < 4.78 is 42.5. The van der Waals surface area contributed by atoms with Crippen LogP contribution in [0.25, 0.3) is 11.0 Å². The molecular weight excluding hydrogens is 570 g/mol. The average molecular weight is 599 g/mol. The van der Waals surface area contributed by atoms with Crippen LogP contribution >= 0.6 is 11.6 Å². The molecule has 11 nitrogen and oxygen atoms in total. The van der Waals surface area contributed by atoms with Crippen molar-refractivity contribution >= 4 is 28.5 Å². The van der Waals surface area contributed by atoms with Crippen LogP contribution in [0.1, 0.15) is 42.2 Å². The molecule has 6 rings (SSSR count). The molecule has 1 aromatic carbocycles. The molecule has 0 saturated carbocycles. The average Bonchev–Trinajstić information content (AvgIpc) is 3.30. The van der Waals surface area contributed by atoms with Crippen LogP contribution in [0, 0.1) is 11.6 Å². The predicted molar refractivity (Wildman–Crippen MR) is 150 cm³/mol. The lowest BCUT2D eigenvalue weighted by molar-refractivity contribution is -0.0592. The van der Waals surface area contributed by atoms with Gasteiger partial charge in [-0.1, -0.05) is 22.8 Å². The molecule has 42 heavy (non-hydrogen) atoms. The second kappa shape index (κ2) is 12.1. The van der Waals surface area contributed by atoms with Gasteiger partial charge in [0.25, 0.3) is 5.88 Å². The number of pyridine rings is 1. The highest BCUT2D eigenvalue weighted by atomic mass is 35.5. The topological polar surface area (TPSA) is 137 Å². The lowest BCUT2D eigenvalue weighted by atomic mass is 10.1. The Bertz CT molecular complexity index is 1620. The van der Waals surface area contributed by atoms with Gasteiger partial charge in [0.2, 0.25) is 5.82 Å². The molecule has 2 fully saturated rings. The number of amidine groups is 1. The number of oxime groups is 1. The summed E-state index contributed by atoms with van der Waals surface area (Å²) in [6.07, 6.45) is 5.00. The number of fused-ring (bicyclic) bond motifs is 1. The zero-order valence-corrected chi connectivity index (χ0v) is 23.3. The van der Waals surface area contributed by atoms with Crippen molar-refractivity contribution in [3.63, 3.8) is 0 Å². The van der Waals surface area contributed by atoms with E-state index in [1.807, 2.05) is 0 Å². The molecule has 220 valence electrons. The Hall–Kier alpha value is -3.94. The zero-order chi connectivity index (χ0) is 29.2. The van der Waals surface area contributed by atoms with Crippen LogP contribution in [0.4, 0.5) is 8.78 Å². The third-order valence-corrected chi connectivity index (χ3v) is 7.80. The van der Waals surface area contributed by atoms with Crippen molar-refractivity contribution in [3.8, 4) is 5.88 Å².